The SMILES string of the molecule is NC(=O)COC(=O)[C@H]1COc2ccc(Cl)cc2C1. The van der Waals surface area contributed by atoms with Gasteiger partial charge in [-0.3, -0.25) is 9.59 Å². The molecule has 18 heavy (non-hydrogen) atoms. The number of hydrogen-bond acceptors (Lipinski definition) is 4. The van der Waals surface area contributed by atoms with Gasteiger partial charge in [0.1, 0.15) is 12.4 Å². The molecule has 5 nitrogen and oxygen atoms in total. The van der Waals surface area contributed by atoms with Gasteiger partial charge in [-0.05, 0) is 30.2 Å². The molecule has 0 saturated heterocycles. The van der Waals surface area contributed by atoms with E-state index >= 15 is 0 Å². The molecule has 2 rings (SSSR count). The van der Waals surface area contributed by atoms with Crippen molar-refractivity contribution in [2.75, 3.05) is 13.2 Å². The van der Waals surface area contributed by atoms with Gasteiger partial charge in [0.2, 0.25) is 0 Å². The van der Waals surface area contributed by atoms with Crippen molar-refractivity contribution in [1.82, 2.24) is 0 Å². The minimum Gasteiger partial charge on any atom is -0.492 e. The molecule has 1 amide bonds. The second-order valence-corrected chi connectivity index (χ2v) is 4.47. The summed E-state index contributed by atoms with van der Waals surface area (Å²) in [5.41, 5.74) is 5.76. The average Bonchev–Trinajstić information content (AvgIpc) is 2.34. The second kappa shape index (κ2) is 5.27. The smallest absolute Gasteiger partial charge is 0.313 e. The molecule has 96 valence electrons. The molecule has 0 unspecified atom stereocenters. The van der Waals surface area contributed by atoms with Crippen LogP contribution in [0.15, 0.2) is 18.2 Å². The van der Waals surface area contributed by atoms with E-state index in [1.165, 1.54) is 0 Å². The molecule has 0 aliphatic carbocycles. The van der Waals surface area contributed by atoms with Gasteiger partial charge in [0.15, 0.2) is 6.61 Å². The van der Waals surface area contributed by atoms with E-state index in [4.69, 9.17) is 26.8 Å². The molecule has 6 heteroatoms. The van der Waals surface area contributed by atoms with Crippen LogP contribution in [0.5, 0.6) is 5.75 Å². The number of nitrogens with two attached hydrogens (primary N) is 1. The Labute approximate surface area is 109 Å². The Morgan fingerprint density at radius 2 is 2.28 bits per heavy atom. The first-order chi connectivity index (χ1) is 8.56. The van der Waals surface area contributed by atoms with Crippen LogP contribution in [0.1, 0.15) is 5.56 Å². The number of benzene rings is 1. The summed E-state index contributed by atoms with van der Waals surface area (Å²) in [6.07, 6.45) is 0.480. The van der Waals surface area contributed by atoms with Crippen LogP contribution < -0.4 is 10.5 Å². The molecule has 0 bridgehead atoms. The Morgan fingerprint density at radius 1 is 1.50 bits per heavy atom. The van der Waals surface area contributed by atoms with Crippen molar-refractivity contribution in [3.05, 3.63) is 28.8 Å². The lowest BCUT2D eigenvalue weighted by Gasteiger charge is -2.23. The predicted molar refractivity (Wildman–Crippen MR) is 64.3 cm³/mol. The van der Waals surface area contributed by atoms with Crippen molar-refractivity contribution in [3.63, 3.8) is 0 Å². The monoisotopic (exact) mass is 269 g/mol. The van der Waals surface area contributed by atoms with E-state index < -0.39 is 24.4 Å². The number of carbonyl (C=O) groups excluding carboxylic acids is 2. The quantitative estimate of drug-likeness (QED) is 0.828. The topological polar surface area (TPSA) is 78.6 Å². The summed E-state index contributed by atoms with van der Waals surface area (Å²) in [4.78, 5) is 22.2. The number of carbonyl (C=O) groups is 2. The number of hydrogen-bond donors (Lipinski definition) is 1. The van der Waals surface area contributed by atoms with E-state index in [-0.39, 0.29) is 6.61 Å². The zero-order chi connectivity index (χ0) is 13.1. The van der Waals surface area contributed by atoms with Crippen LogP contribution >= 0.6 is 11.6 Å². The Balaban J connectivity index is 2.02. The first-order valence-electron chi connectivity index (χ1n) is 5.42. The van der Waals surface area contributed by atoms with Crippen LogP contribution in [-0.2, 0) is 20.7 Å². The second-order valence-electron chi connectivity index (χ2n) is 4.04. The van der Waals surface area contributed by atoms with Gasteiger partial charge in [0.25, 0.3) is 5.91 Å². The molecule has 1 aliphatic heterocycles. The van der Waals surface area contributed by atoms with E-state index in [2.05, 4.69) is 0 Å². The van der Waals surface area contributed by atoms with E-state index in [0.29, 0.717) is 11.4 Å². The first-order valence-corrected chi connectivity index (χ1v) is 5.80. The number of rotatable bonds is 3. The molecule has 1 aromatic rings. The Morgan fingerprint density at radius 3 is 3.00 bits per heavy atom. The maximum Gasteiger partial charge on any atom is 0.313 e. The third-order valence-electron chi connectivity index (χ3n) is 2.62. The number of primary amides is 1. The number of esters is 1. The van der Waals surface area contributed by atoms with E-state index in [1.54, 1.807) is 18.2 Å². The number of ether oxygens (including phenoxy) is 2. The van der Waals surface area contributed by atoms with Crippen LogP contribution in [0.4, 0.5) is 0 Å². The van der Waals surface area contributed by atoms with Crippen molar-refractivity contribution in [1.29, 1.82) is 0 Å². The summed E-state index contributed by atoms with van der Waals surface area (Å²) in [7, 11) is 0. The lowest BCUT2D eigenvalue weighted by molar-refractivity contribution is -0.153. The normalized spacial score (nSPS) is 17.5. The minimum absolute atomic E-state index is 0.228. The maximum absolute atomic E-state index is 11.7. The standard InChI is InChI=1S/C12H12ClNO4/c13-9-1-2-10-7(4-9)3-8(5-17-10)12(16)18-6-11(14)15/h1-2,4,8H,3,5-6H2,(H2,14,15)/t8-/m1/s1. The molecular formula is C12H12ClNO4. The number of fused-ring (bicyclic) bond motifs is 1. The first kappa shape index (κ1) is 12.7. The number of amides is 1. The van der Waals surface area contributed by atoms with Crippen LogP contribution in [0.25, 0.3) is 0 Å². The summed E-state index contributed by atoms with van der Waals surface area (Å²) in [5, 5.41) is 0.587. The maximum atomic E-state index is 11.7. The summed E-state index contributed by atoms with van der Waals surface area (Å²) >= 11 is 5.87. The van der Waals surface area contributed by atoms with Gasteiger partial charge in [-0.2, -0.15) is 0 Å². The van der Waals surface area contributed by atoms with E-state index in [1.807, 2.05) is 0 Å². The van der Waals surface area contributed by atoms with Gasteiger partial charge < -0.3 is 15.2 Å². The van der Waals surface area contributed by atoms with Crippen molar-refractivity contribution < 1.29 is 19.1 Å². The van der Waals surface area contributed by atoms with Gasteiger partial charge in [0, 0.05) is 5.02 Å². The van der Waals surface area contributed by atoms with Crippen molar-refractivity contribution >= 4 is 23.5 Å². The van der Waals surface area contributed by atoms with Gasteiger partial charge in [-0.1, -0.05) is 11.6 Å². The molecule has 0 fully saturated rings. The van der Waals surface area contributed by atoms with Gasteiger partial charge in [0.05, 0.1) is 5.92 Å². The van der Waals surface area contributed by atoms with E-state index in [0.717, 1.165) is 11.3 Å². The molecule has 0 radical (unpaired) electrons. The summed E-state index contributed by atoms with van der Waals surface area (Å²) in [6, 6.07) is 5.25. The Hall–Kier alpha value is -1.75. The zero-order valence-corrected chi connectivity index (χ0v) is 10.3. The van der Waals surface area contributed by atoms with Gasteiger partial charge >= 0.3 is 5.97 Å². The van der Waals surface area contributed by atoms with Crippen molar-refractivity contribution in [3.8, 4) is 5.75 Å². The molecule has 1 heterocycles. The highest BCUT2D eigenvalue weighted by Crippen LogP contribution is 2.30. The molecule has 1 aliphatic rings. The third kappa shape index (κ3) is 2.92. The highest BCUT2D eigenvalue weighted by molar-refractivity contribution is 6.30. The third-order valence-corrected chi connectivity index (χ3v) is 2.85. The van der Waals surface area contributed by atoms with Crippen LogP contribution in [0.2, 0.25) is 5.02 Å². The predicted octanol–water partition coefficient (Wildman–Crippen LogP) is 0.920. The minimum atomic E-state index is -0.677. The largest absolute Gasteiger partial charge is 0.492 e. The summed E-state index contributed by atoms with van der Waals surface area (Å²) < 4.78 is 10.2. The fourth-order valence-corrected chi connectivity index (χ4v) is 1.97. The average molecular weight is 270 g/mol. The molecule has 1 aromatic carbocycles. The highest BCUT2D eigenvalue weighted by Gasteiger charge is 2.27. The fraction of sp³-hybridized carbons (Fsp3) is 0.333. The Kier molecular flexibility index (Phi) is 3.72. The van der Waals surface area contributed by atoms with Crippen LogP contribution in [0, 0.1) is 5.92 Å². The highest BCUT2D eigenvalue weighted by atomic mass is 35.5. The Bertz CT molecular complexity index is 489. The van der Waals surface area contributed by atoms with Gasteiger partial charge in [-0.25, -0.2) is 0 Å². The summed E-state index contributed by atoms with van der Waals surface area (Å²) in [5.74, 6) is -0.878. The fourth-order valence-electron chi connectivity index (χ4n) is 1.77. The lowest BCUT2D eigenvalue weighted by Crippen LogP contribution is -2.32. The molecular weight excluding hydrogens is 258 g/mol. The van der Waals surface area contributed by atoms with Crippen molar-refractivity contribution in [2.24, 2.45) is 11.7 Å². The van der Waals surface area contributed by atoms with Crippen LogP contribution in [-0.4, -0.2) is 25.1 Å². The lowest BCUT2D eigenvalue weighted by atomic mass is 9.97. The zero-order valence-electron chi connectivity index (χ0n) is 9.52. The molecule has 1 atom stereocenters. The molecule has 0 aromatic heterocycles. The molecule has 0 spiro atoms. The number of halogens is 1. The van der Waals surface area contributed by atoms with Gasteiger partial charge in [-0.15, -0.1) is 0 Å². The molecule has 2 N–H and O–H groups in total. The summed E-state index contributed by atoms with van der Waals surface area (Å²) in [6.45, 7) is -0.177. The molecule has 0 saturated carbocycles. The van der Waals surface area contributed by atoms with Crippen LogP contribution in [0.3, 0.4) is 0 Å². The van der Waals surface area contributed by atoms with E-state index in [9.17, 15) is 9.59 Å². The van der Waals surface area contributed by atoms with Crippen molar-refractivity contribution in [2.45, 2.75) is 6.42 Å².